The van der Waals surface area contributed by atoms with Crippen LogP contribution < -0.4 is 0 Å². The molecule has 0 saturated carbocycles. The SMILES string of the molecule is O=C(c1cnccn1)c1ccc(F)cc1I. The normalized spacial score (nSPS) is 10.1. The zero-order valence-electron chi connectivity index (χ0n) is 8.02. The molecule has 1 aromatic carbocycles. The van der Waals surface area contributed by atoms with E-state index in [4.69, 9.17) is 0 Å². The predicted molar refractivity (Wildman–Crippen MR) is 64.6 cm³/mol. The van der Waals surface area contributed by atoms with E-state index in [1.54, 1.807) is 0 Å². The summed E-state index contributed by atoms with van der Waals surface area (Å²) in [6, 6.07) is 4.02. The molecule has 0 aliphatic carbocycles. The number of rotatable bonds is 2. The van der Waals surface area contributed by atoms with E-state index in [-0.39, 0.29) is 17.3 Å². The first kappa shape index (κ1) is 11.1. The highest BCUT2D eigenvalue weighted by Gasteiger charge is 2.14. The predicted octanol–water partition coefficient (Wildman–Crippen LogP) is 2.45. The molecule has 1 aromatic heterocycles. The minimum atomic E-state index is -0.361. The molecule has 3 nitrogen and oxygen atoms in total. The molecule has 0 N–H and O–H groups in total. The van der Waals surface area contributed by atoms with Crippen molar-refractivity contribution in [1.82, 2.24) is 9.97 Å². The standard InChI is InChI=1S/C11H6FIN2O/c12-7-1-2-8(9(13)5-7)11(16)10-6-14-3-4-15-10/h1-6H. The molecule has 0 atom stereocenters. The van der Waals surface area contributed by atoms with Crippen molar-refractivity contribution in [3.63, 3.8) is 0 Å². The zero-order valence-corrected chi connectivity index (χ0v) is 10.2. The summed E-state index contributed by atoms with van der Waals surface area (Å²) in [5.41, 5.74) is 0.689. The summed E-state index contributed by atoms with van der Waals surface area (Å²) in [7, 11) is 0. The van der Waals surface area contributed by atoms with Gasteiger partial charge >= 0.3 is 0 Å². The fourth-order valence-corrected chi connectivity index (χ4v) is 1.95. The van der Waals surface area contributed by atoms with Gasteiger partial charge in [-0.2, -0.15) is 0 Å². The minimum absolute atomic E-state index is 0.252. The van der Waals surface area contributed by atoms with Crippen LogP contribution in [-0.2, 0) is 0 Å². The number of benzene rings is 1. The molecule has 0 spiro atoms. The van der Waals surface area contributed by atoms with Gasteiger partial charge in [-0.25, -0.2) is 9.37 Å². The van der Waals surface area contributed by atoms with E-state index < -0.39 is 0 Å². The topological polar surface area (TPSA) is 42.9 Å². The highest BCUT2D eigenvalue weighted by molar-refractivity contribution is 14.1. The van der Waals surface area contributed by atoms with E-state index in [0.29, 0.717) is 9.13 Å². The molecule has 0 fully saturated rings. The summed E-state index contributed by atoms with van der Waals surface area (Å²) in [4.78, 5) is 19.7. The molecule has 2 aromatic rings. The van der Waals surface area contributed by atoms with Crippen LogP contribution in [0.4, 0.5) is 4.39 Å². The van der Waals surface area contributed by atoms with Crippen molar-refractivity contribution >= 4 is 28.4 Å². The summed E-state index contributed by atoms with van der Waals surface area (Å²) in [5, 5.41) is 0. The third kappa shape index (κ3) is 2.24. The molecule has 1 heterocycles. The molecule has 80 valence electrons. The van der Waals surface area contributed by atoms with Gasteiger partial charge in [0.25, 0.3) is 0 Å². The molecular formula is C11H6FIN2O. The number of aromatic nitrogens is 2. The van der Waals surface area contributed by atoms with Gasteiger partial charge in [-0.1, -0.05) is 0 Å². The second-order valence-corrected chi connectivity index (χ2v) is 4.21. The Balaban J connectivity index is 2.42. The van der Waals surface area contributed by atoms with E-state index in [1.807, 2.05) is 22.6 Å². The molecule has 16 heavy (non-hydrogen) atoms. The van der Waals surface area contributed by atoms with Crippen molar-refractivity contribution in [2.45, 2.75) is 0 Å². The summed E-state index contributed by atoms with van der Waals surface area (Å²) >= 11 is 1.92. The fourth-order valence-electron chi connectivity index (χ4n) is 1.23. The van der Waals surface area contributed by atoms with E-state index in [9.17, 15) is 9.18 Å². The Kier molecular flexibility index (Phi) is 3.23. The zero-order chi connectivity index (χ0) is 11.5. The van der Waals surface area contributed by atoms with Crippen LogP contribution in [0.1, 0.15) is 16.1 Å². The first-order valence-electron chi connectivity index (χ1n) is 4.44. The lowest BCUT2D eigenvalue weighted by molar-refractivity contribution is 0.103. The van der Waals surface area contributed by atoms with Crippen LogP contribution in [0, 0.1) is 9.39 Å². The van der Waals surface area contributed by atoms with Crippen molar-refractivity contribution < 1.29 is 9.18 Å². The van der Waals surface area contributed by atoms with Gasteiger partial charge in [0.15, 0.2) is 0 Å². The maximum absolute atomic E-state index is 12.9. The van der Waals surface area contributed by atoms with E-state index >= 15 is 0 Å². The Morgan fingerprint density at radius 2 is 2.12 bits per heavy atom. The van der Waals surface area contributed by atoms with E-state index in [0.717, 1.165) is 0 Å². The van der Waals surface area contributed by atoms with Crippen molar-refractivity contribution in [3.8, 4) is 0 Å². The van der Waals surface area contributed by atoms with Gasteiger partial charge in [0, 0.05) is 21.5 Å². The van der Waals surface area contributed by atoms with Crippen LogP contribution in [0.15, 0.2) is 36.8 Å². The van der Waals surface area contributed by atoms with Gasteiger partial charge < -0.3 is 0 Å². The van der Waals surface area contributed by atoms with E-state index in [2.05, 4.69) is 9.97 Å². The van der Waals surface area contributed by atoms with Crippen LogP contribution in [0.5, 0.6) is 0 Å². The maximum Gasteiger partial charge on any atom is 0.213 e. The average Bonchev–Trinajstić information content (AvgIpc) is 2.29. The second kappa shape index (κ2) is 4.65. The summed E-state index contributed by atoms with van der Waals surface area (Å²) in [6.45, 7) is 0. The van der Waals surface area contributed by atoms with Gasteiger partial charge in [0.1, 0.15) is 11.5 Å². The fraction of sp³-hybridized carbons (Fsp3) is 0. The molecule has 5 heteroatoms. The van der Waals surface area contributed by atoms with Crippen LogP contribution >= 0.6 is 22.6 Å². The molecule has 0 bridgehead atoms. The Bertz CT molecular complexity index is 531. The number of carbonyl (C=O) groups excluding carboxylic acids is 1. The lowest BCUT2D eigenvalue weighted by Crippen LogP contribution is -2.06. The lowest BCUT2D eigenvalue weighted by atomic mass is 10.1. The van der Waals surface area contributed by atoms with Crippen LogP contribution in [0.3, 0.4) is 0 Å². The molecule has 0 unspecified atom stereocenters. The Hall–Kier alpha value is -1.37. The van der Waals surface area contributed by atoms with Gasteiger partial charge in [-0.05, 0) is 40.8 Å². The highest BCUT2D eigenvalue weighted by atomic mass is 127. The number of halogens is 2. The summed E-state index contributed by atoms with van der Waals surface area (Å²) in [6.07, 6.45) is 4.33. The second-order valence-electron chi connectivity index (χ2n) is 3.04. The van der Waals surface area contributed by atoms with Gasteiger partial charge in [-0.3, -0.25) is 9.78 Å². The van der Waals surface area contributed by atoms with Gasteiger partial charge in [0.05, 0.1) is 6.20 Å². The quantitative estimate of drug-likeness (QED) is 0.628. The number of hydrogen-bond donors (Lipinski definition) is 0. The van der Waals surface area contributed by atoms with Crippen LogP contribution in [-0.4, -0.2) is 15.8 Å². The maximum atomic E-state index is 12.9. The lowest BCUT2D eigenvalue weighted by Gasteiger charge is -2.02. The molecule has 0 radical (unpaired) electrons. The summed E-state index contributed by atoms with van der Waals surface area (Å²) < 4.78 is 13.4. The molecule has 0 amide bonds. The van der Waals surface area contributed by atoms with Crippen molar-refractivity contribution in [2.24, 2.45) is 0 Å². The first-order chi connectivity index (χ1) is 7.68. The molecular weight excluding hydrogens is 322 g/mol. The first-order valence-corrected chi connectivity index (χ1v) is 5.52. The average molecular weight is 328 g/mol. The highest BCUT2D eigenvalue weighted by Crippen LogP contribution is 2.16. The van der Waals surface area contributed by atoms with Crippen molar-refractivity contribution in [3.05, 3.63) is 57.4 Å². The van der Waals surface area contributed by atoms with Gasteiger partial charge in [-0.15, -0.1) is 0 Å². The van der Waals surface area contributed by atoms with Crippen LogP contribution in [0.2, 0.25) is 0 Å². The third-order valence-electron chi connectivity index (χ3n) is 1.97. The third-order valence-corrected chi connectivity index (χ3v) is 2.86. The van der Waals surface area contributed by atoms with Crippen molar-refractivity contribution in [1.29, 1.82) is 0 Å². The molecule has 0 saturated heterocycles. The Morgan fingerprint density at radius 1 is 1.31 bits per heavy atom. The Morgan fingerprint density at radius 3 is 2.75 bits per heavy atom. The minimum Gasteiger partial charge on any atom is -0.287 e. The number of hydrogen-bond acceptors (Lipinski definition) is 3. The Labute approximate surface area is 105 Å². The van der Waals surface area contributed by atoms with Crippen LogP contribution in [0.25, 0.3) is 0 Å². The number of carbonyl (C=O) groups is 1. The molecule has 2 rings (SSSR count). The molecule has 0 aliphatic rings. The number of ketones is 1. The monoisotopic (exact) mass is 328 g/mol. The number of nitrogens with zero attached hydrogens (tertiary/aromatic N) is 2. The molecule has 0 aliphatic heterocycles. The van der Waals surface area contributed by atoms with Crippen molar-refractivity contribution in [2.75, 3.05) is 0 Å². The summed E-state index contributed by atoms with van der Waals surface area (Å²) in [5.74, 6) is -0.613. The largest absolute Gasteiger partial charge is 0.287 e. The van der Waals surface area contributed by atoms with Gasteiger partial charge in [0.2, 0.25) is 5.78 Å². The van der Waals surface area contributed by atoms with E-state index in [1.165, 1.54) is 36.8 Å². The smallest absolute Gasteiger partial charge is 0.213 e.